The molecule has 0 saturated carbocycles. The molecular formula is C11H14O3. The number of ketones is 1. The molecule has 0 fully saturated rings. The number of carbonyl (C=O) groups excluding carboxylic acids is 2. The molecule has 76 valence electrons. The quantitative estimate of drug-likeness (QED) is 0.507. The first-order valence-electron chi connectivity index (χ1n) is 4.18. The predicted molar refractivity (Wildman–Crippen MR) is 54.1 cm³/mol. The SMILES string of the molecule is CC(=O)c1ccccc1.COC(C)=O. The van der Waals surface area contributed by atoms with Crippen molar-refractivity contribution in [3.8, 4) is 0 Å². The third kappa shape index (κ3) is 5.94. The van der Waals surface area contributed by atoms with Crippen LogP contribution >= 0.6 is 0 Å². The number of ether oxygens (including phenoxy) is 1. The Labute approximate surface area is 83.7 Å². The predicted octanol–water partition coefficient (Wildman–Crippen LogP) is 2.07. The van der Waals surface area contributed by atoms with Crippen LogP contribution in [0.25, 0.3) is 0 Å². The van der Waals surface area contributed by atoms with Crippen molar-refractivity contribution in [1.82, 2.24) is 0 Å². The Morgan fingerprint density at radius 3 is 1.71 bits per heavy atom. The minimum absolute atomic E-state index is 0.121. The van der Waals surface area contributed by atoms with Gasteiger partial charge in [0, 0.05) is 12.5 Å². The first-order valence-corrected chi connectivity index (χ1v) is 4.18. The normalized spacial score (nSPS) is 8.21. The fraction of sp³-hybridized carbons (Fsp3) is 0.273. The van der Waals surface area contributed by atoms with E-state index in [-0.39, 0.29) is 11.8 Å². The Hall–Kier alpha value is -1.64. The maximum Gasteiger partial charge on any atom is 0.302 e. The number of Topliss-reactive ketones (excluding diaryl/α,β-unsaturated/α-hetero) is 1. The zero-order valence-electron chi connectivity index (χ0n) is 8.61. The molecular weight excluding hydrogens is 180 g/mol. The van der Waals surface area contributed by atoms with Crippen LogP contribution in [0.2, 0.25) is 0 Å². The van der Waals surface area contributed by atoms with E-state index in [2.05, 4.69) is 4.74 Å². The van der Waals surface area contributed by atoms with Crippen molar-refractivity contribution >= 4 is 11.8 Å². The molecule has 1 aromatic rings. The smallest absolute Gasteiger partial charge is 0.302 e. The molecule has 0 saturated heterocycles. The van der Waals surface area contributed by atoms with Gasteiger partial charge < -0.3 is 4.74 Å². The second kappa shape index (κ2) is 6.83. The molecule has 0 aromatic heterocycles. The molecule has 3 nitrogen and oxygen atoms in total. The lowest BCUT2D eigenvalue weighted by atomic mass is 10.2. The highest BCUT2D eigenvalue weighted by molar-refractivity contribution is 5.93. The second-order valence-corrected chi connectivity index (χ2v) is 2.62. The molecule has 0 amide bonds. The summed E-state index contributed by atoms with van der Waals surface area (Å²) in [5.41, 5.74) is 0.775. The molecule has 1 rings (SSSR count). The van der Waals surface area contributed by atoms with Gasteiger partial charge in [-0.15, -0.1) is 0 Å². The lowest BCUT2D eigenvalue weighted by molar-refractivity contribution is -0.137. The Morgan fingerprint density at radius 1 is 1.07 bits per heavy atom. The van der Waals surface area contributed by atoms with Gasteiger partial charge in [0.05, 0.1) is 7.11 Å². The number of carbonyl (C=O) groups is 2. The summed E-state index contributed by atoms with van der Waals surface area (Å²) in [6.45, 7) is 2.93. The third-order valence-corrected chi connectivity index (χ3v) is 1.47. The van der Waals surface area contributed by atoms with Crippen molar-refractivity contribution in [3.05, 3.63) is 35.9 Å². The van der Waals surface area contributed by atoms with Crippen LogP contribution in [0.5, 0.6) is 0 Å². The standard InChI is InChI=1S/C8H8O.C3H6O2/c1-7(9)8-5-3-2-4-6-8;1-3(4)5-2/h2-6H,1H3;1-2H3. The second-order valence-electron chi connectivity index (χ2n) is 2.62. The molecule has 3 heteroatoms. The van der Waals surface area contributed by atoms with E-state index in [4.69, 9.17) is 0 Å². The average Bonchev–Trinajstić information content (AvgIpc) is 2.20. The van der Waals surface area contributed by atoms with Gasteiger partial charge in [-0.1, -0.05) is 30.3 Å². The summed E-state index contributed by atoms with van der Waals surface area (Å²) in [6.07, 6.45) is 0. The first-order chi connectivity index (χ1) is 6.57. The van der Waals surface area contributed by atoms with E-state index < -0.39 is 0 Å². The summed E-state index contributed by atoms with van der Waals surface area (Å²) < 4.78 is 4.11. The first kappa shape index (κ1) is 12.4. The Balaban J connectivity index is 0.000000292. The van der Waals surface area contributed by atoms with Gasteiger partial charge in [0.2, 0.25) is 0 Å². The highest BCUT2D eigenvalue weighted by Crippen LogP contribution is 1.97. The molecule has 14 heavy (non-hydrogen) atoms. The van der Waals surface area contributed by atoms with E-state index in [1.165, 1.54) is 14.0 Å². The van der Waals surface area contributed by atoms with E-state index in [9.17, 15) is 9.59 Å². The van der Waals surface area contributed by atoms with Gasteiger partial charge in [-0.3, -0.25) is 9.59 Å². The van der Waals surface area contributed by atoms with Crippen molar-refractivity contribution in [2.45, 2.75) is 13.8 Å². The summed E-state index contributed by atoms with van der Waals surface area (Å²) in [5, 5.41) is 0. The zero-order chi connectivity index (χ0) is 11.0. The lowest BCUT2D eigenvalue weighted by Gasteiger charge is -1.89. The maximum absolute atomic E-state index is 10.6. The number of methoxy groups -OCH3 is 1. The minimum atomic E-state index is -0.245. The molecule has 0 unspecified atom stereocenters. The van der Waals surface area contributed by atoms with Gasteiger partial charge in [0.1, 0.15) is 0 Å². The summed E-state index contributed by atoms with van der Waals surface area (Å²) >= 11 is 0. The number of rotatable bonds is 1. The molecule has 0 atom stereocenters. The largest absolute Gasteiger partial charge is 0.469 e. The highest BCUT2D eigenvalue weighted by atomic mass is 16.5. The van der Waals surface area contributed by atoms with Gasteiger partial charge in [-0.05, 0) is 6.92 Å². The van der Waals surface area contributed by atoms with Gasteiger partial charge in [-0.25, -0.2) is 0 Å². The Kier molecular flexibility index (Phi) is 6.03. The van der Waals surface area contributed by atoms with Crippen molar-refractivity contribution in [1.29, 1.82) is 0 Å². The van der Waals surface area contributed by atoms with Crippen LogP contribution in [0.15, 0.2) is 30.3 Å². The van der Waals surface area contributed by atoms with E-state index in [1.807, 2.05) is 30.3 Å². The number of esters is 1. The van der Waals surface area contributed by atoms with E-state index in [0.29, 0.717) is 0 Å². The summed E-state index contributed by atoms with van der Waals surface area (Å²) in [6, 6.07) is 9.23. The van der Waals surface area contributed by atoms with E-state index >= 15 is 0 Å². The molecule has 0 aliphatic carbocycles. The molecule has 0 heterocycles. The average molecular weight is 194 g/mol. The summed E-state index contributed by atoms with van der Waals surface area (Å²) in [4.78, 5) is 20.2. The van der Waals surface area contributed by atoms with Crippen LogP contribution < -0.4 is 0 Å². The molecule has 0 aliphatic heterocycles. The minimum Gasteiger partial charge on any atom is -0.469 e. The van der Waals surface area contributed by atoms with Crippen molar-refractivity contribution in [2.24, 2.45) is 0 Å². The van der Waals surface area contributed by atoms with Crippen LogP contribution in [0, 0.1) is 0 Å². The highest BCUT2D eigenvalue weighted by Gasteiger charge is 1.92. The monoisotopic (exact) mass is 194 g/mol. The summed E-state index contributed by atoms with van der Waals surface area (Å²) in [5.74, 6) is -0.124. The van der Waals surface area contributed by atoms with Crippen LogP contribution in [-0.2, 0) is 9.53 Å². The van der Waals surface area contributed by atoms with Gasteiger partial charge in [0.25, 0.3) is 0 Å². The molecule has 0 aliphatic rings. The van der Waals surface area contributed by atoms with Crippen molar-refractivity contribution in [3.63, 3.8) is 0 Å². The number of hydrogen-bond acceptors (Lipinski definition) is 3. The topological polar surface area (TPSA) is 43.4 Å². The van der Waals surface area contributed by atoms with Crippen LogP contribution in [0.1, 0.15) is 24.2 Å². The molecule has 0 N–H and O–H groups in total. The van der Waals surface area contributed by atoms with Crippen LogP contribution in [0.4, 0.5) is 0 Å². The molecule has 1 aromatic carbocycles. The molecule has 0 bridgehead atoms. The number of hydrogen-bond donors (Lipinski definition) is 0. The van der Waals surface area contributed by atoms with Crippen LogP contribution in [0.3, 0.4) is 0 Å². The fourth-order valence-electron chi connectivity index (χ4n) is 0.673. The fourth-order valence-corrected chi connectivity index (χ4v) is 0.673. The molecule has 0 spiro atoms. The zero-order valence-corrected chi connectivity index (χ0v) is 8.61. The Morgan fingerprint density at radius 2 is 1.50 bits per heavy atom. The van der Waals surface area contributed by atoms with Gasteiger partial charge >= 0.3 is 5.97 Å². The van der Waals surface area contributed by atoms with Crippen molar-refractivity contribution < 1.29 is 14.3 Å². The molecule has 0 radical (unpaired) electrons. The van der Waals surface area contributed by atoms with Gasteiger partial charge in [0.15, 0.2) is 5.78 Å². The van der Waals surface area contributed by atoms with E-state index in [0.717, 1.165) is 5.56 Å². The van der Waals surface area contributed by atoms with Crippen LogP contribution in [-0.4, -0.2) is 18.9 Å². The van der Waals surface area contributed by atoms with Crippen molar-refractivity contribution in [2.75, 3.05) is 7.11 Å². The van der Waals surface area contributed by atoms with Gasteiger partial charge in [-0.2, -0.15) is 0 Å². The third-order valence-electron chi connectivity index (χ3n) is 1.47. The summed E-state index contributed by atoms with van der Waals surface area (Å²) in [7, 11) is 1.35. The lowest BCUT2D eigenvalue weighted by Crippen LogP contribution is -1.88. The number of benzene rings is 1. The van der Waals surface area contributed by atoms with E-state index in [1.54, 1.807) is 6.92 Å². The Bertz CT molecular complexity index is 291. The maximum atomic E-state index is 10.6.